The summed E-state index contributed by atoms with van der Waals surface area (Å²) in [4.78, 5) is 23.2. The summed E-state index contributed by atoms with van der Waals surface area (Å²) in [6.07, 6.45) is 6.06. The summed E-state index contributed by atoms with van der Waals surface area (Å²) in [7, 11) is 0. The second-order valence-corrected chi connectivity index (χ2v) is 7.33. The van der Waals surface area contributed by atoms with Crippen molar-refractivity contribution in [3.05, 3.63) is 53.4 Å². The number of halogens is 1. The normalized spacial score (nSPS) is 16.8. The van der Waals surface area contributed by atoms with Gasteiger partial charge in [0.15, 0.2) is 5.65 Å². The minimum Gasteiger partial charge on any atom is -0.462 e. The van der Waals surface area contributed by atoms with Crippen molar-refractivity contribution in [1.29, 1.82) is 0 Å². The van der Waals surface area contributed by atoms with Crippen molar-refractivity contribution < 1.29 is 13.9 Å². The van der Waals surface area contributed by atoms with Crippen LogP contribution in [0.25, 0.3) is 5.65 Å². The maximum atomic E-state index is 14.1. The number of pyridine rings is 1. The fourth-order valence-corrected chi connectivity index (χ4v) is 3.73. The van der Waals surface area contributed by atoms with Gasteiger partial charge in [-0.15, -0.1) is 0 Å². The molecule has 1 fully saturated rings. The van der Waals surface area contributed by atoms with Crippen LogP contribution in [-0.2, 0) is 4.74 Å². The summed E-state index contributed by atoms with van der Waals surface area (Å²) < 4.78 is 20.7. The Morgan fingerprint density at radius 3 is 3.06 bits per heavy atom. The zero-order valence-corrected chi connectivity index (χ0v) is 17.4. The van der Waals surface area contributed by atoms with Crippen molar-refractivity contribution in [2.75, 3.05) is 18.1 Å². The van der Waals surface area contributed by atoms with Gasteiger partial charge in [0, 0.05) is 18.3 Å². The lowest BCUT2D eigenvalue weighted by Crippen LogP contribution is -2.25. The van der Waals surface area contributed by atoms with E-state index in [0.717, 1.165) is 25.6 Å². The maximum Gasteiger partial charge on any atom is 0.343 e. The number of carbonyl (C=O) groups is 1. The van der Waals surface area contributed by atoms with Crippen LogP contribution in [-0.4, -0.2) is 44.7 Å². The van der Waals surface area contributed by atoms with Crippen molar-refractivity contribution in [2.45, 2.75) is 38.8 Å². The molecule has 0 aliphatic carbocycles. The number of ether oxygens (including phenoxy) is 1. The first kappa shape index (κ1) is 20.8. The first-order valence-corrected chi connectivity index (χ1v) is 10.2. The van der Waals surface area contributed by atoms with Gasteiger partial charge in [-0.1, -0.05) is 5.92 Å². The Morgan fingerprint density at radius 2 is 2.29 bits per heavy atom. The van der Waals surface area contributed by atoms with Crippen LogP contribution in [0.5, 0.6) is 0 Å². The van der Waals surface area contributed by atoms with Crippen molar-refractivity contribution in [3.8, 4) is 11.8 Å². The predicted molar refractivity (Wildman–Crippen MR) is 113 cm³/mol. The van der Waals surface area contributed by atoms with E-state index in [-0.39, 0.29) is 18.7 Å². The van der Waals surface area contributed by atoms with Crippen LogP contribution < -0.4 is 10.6 Å². The number of rotatable bonds is 4. The number of nitrogens with two attached hydrogens (primary N) is 1. The van der Waals surface area contributed by atoms with E-state index in [0.29, 0.717) is 28.3 Å². The highest BCUT2D eigenvalue weighted by Gasteiger charge is 2.30. The molecule has 0 amide bonds. The van der Waals surface area contributed by atoms with E-state index in [4.69, 9.17) is 10.5 Å². The second-order valence-electron chi connectivity index (χ2n) is 7.33. The molecule has 1 aliphatic heterocycles. The summed E-state index contributed by atoms with van der Waals surface area (Å²) in [6, 6.07) is 2.84. The number of hydrogen-bond acceptors (Lipinski definition) is 7. The van der Waals surface area contributed by atoms with Gasteiger partial charge in [-0.05, 0) is 44.7 Å². The Hall–Kier alpha value is -3.51. The molecule has 0 spiro atoms. The maximum absolute atomic E-state index is 14.1. The van der Waals surface area contributed by atoms with Crippen LogP contribution in [0.4, 0.5) is 10.2 Å². The molecular weight excluding hydrogens is 399 g/mol. The number of fused-ring (bicyclic) bond motifs is 1. The highest BCUT2D eigenvalue weighted by atomic mass is 19.1. The quantitative estimate of drug-likeness (QED) is 0.509. The van der Waals surface area contributed by atoms with E-state index in [9.17, 15) is 9.18 Å². The number of aromatic nitrogens is 4. The fraction of sp³-hybridized carbons (Fsp3) is 0.364. The van der Waals surface area contributed by atoms with Crippen LogP contribution in [0.15, 0.2) is 30.7 Å². The van der Waals surface area contributed by atoms with Crippen LogP contribution in [0, 0.1) is 17.7 Å². The molecule has 0 aromatic carbocycles. The first-order chi connectivity index (χ1) is 15.0. The lowest BCUT2D eigenvalue weighted by molar-refractivity contribution is 0.0528. The molecule has 2 atom stereocenters. The largest absolute Gasteiger partial charge is 0.462 e. The number of carbonyl (C=O) groups excluding carboxylic acids is 1. The first-order valence-electron chi connectivity index (χ1n) is 10.2. The SMILES string of the molecule is CCOC(=O)c1cnn2ccc(N3CCC[C@@H]3c3cc(F)cnc3C#CC(C)N)nc12. The minimum atomic E-state index is -0.470. The van der Waals surface area contributed by atoms with Crippen molar-refractivity contribution in [3.63, 3.8) is 0 Å². The number of nitrogens with zero attached hydrogens (tertiary/aromatic N) is 5. The summed E-state index contributed by atoms with van der Waals surface area (Å²) in [6.45, 7) is 4.52. The predicted octanol–water partition coefficient (Wildman–Crippen LogP) is 2.48. The van der Waals surface area contributed by atoms with Crippen LogP contribution in [0.2, 0.25) is 0 Å². The Labute approximate surface area is 179 Å². The molecule has 0 saturated carbocycles. The van der Waals surface area contributed by atoms with Gasteiger partial charge in [-0.2, -0.15) is 5.10 Å². The standard InChI is InChI=1S/C22H23FN6O2/c1-3-31-22(30)17-13-26-29-10-8-20(27-21(17)29)28-9-4-5-19(28)16-11-15(23)12-25-18(16)7-6-14(2)24/h8,10-14,19H,3-5,9,24H2,1-2H3/t14?,19-/m1/s1. The van der Waals surface area contributed by atoms with Crippen LogP contribution in [0.3, 0.4) is 0 Å². The van der Waals surface area contributed by atoms with Gasteiger partial charge in [0.2, 0.25) is 0 Å². The number of hydrogen-bond donors (Lipinski definition) is 1. The van der Waals surface area contributed by atoms with Gasteiger partial charge < -0.3 is 15.4 Å². The van der Waals surface area contributed by atoms with Crippen LogP contribution in [0.1, 0.15) is 54.3 Å². The molecule has 0 bridgehead atoms. The Kier molecular flexibility index (Phi) is 5.82. The molecule has 3 aromatic heterocycles. The van der Waals surface area contributed by atoms with Gasteiger partial charge in [0.1, 0.15) is 22.9 Å². The highest BCUT2D eigenvalue weighted by Crippen LogP contribution is 2.36. The van der Waals surface area contributed by atoms with E-state index in [1.165, 1.54) is 16.8 Å². The van der Waals surface area contributed by atoms with Crippen LogP contribution >= 0.6 is 0 Å². The zero-order chi connectivity index (χ0) is 22.0. The Bertz CT molecular complexity index is 1180. The Balaban J connectivity index is 1.74. The highest BCUT2D eigenvalue weighted by molar-refractivity contribution is 5.95. The molecule has 31 heavy (non-hydrogen) atoms. The molecule has 0 radical (unpaired) electrons. The molecule has 4 heterocycles. The van der Waals surface area contributed by atoms with E-state index >= 15 is 0 Å². The molecule has 1 saturated heterocycles. The third kappa shape index (κ3) is 4.20. The average Bonchev–Trinajstić information content (AvgIpc) is 3.39. The summed E-state index contributed by atoms with van der Waals surface area (Å²) in [5.41, 5.74) is 7.68. The third-order valence-corrected chi connectivity index (χ3v) is 5.06. The number of anilines is 1. The molecule has 8 nitrogen and oxygen atoms in total. The minimum absolute atomic E-state index is 0.149. The van der Waals surface area contributed by atoms with Crippen molar-refractivity contribution in [1.82, 2.24) is 19.6 Å². The van der Waals surface area contributed by atoms with E-state index in [1.807, 2.05) is 6.07 Å². The average molecular weight is 422 g/mol. The lowest BCUT2D eigenvalue weighted by Gasteiger charge is -2.26. The smallest absolute Gasteiger partial charge is 0.343 e. The fourth-order valence-electron chi connectivity index (χ4n) is 3.73. The number of esters is 1. The third-order valence-electron chi connectivity index (χ3n) is 5.06. The summed E-state index contributed by atoms with van der Waals surface area (Å²) >= 11 is 0. The van der Waals surface area contributed by atoms with E-state index < -0.39 is 11.8 Å². The molecule has 3 aromatic rings. The lowest BCUT2D eigenvalue weighted by atomic mass is 10.0. The monoisotopic (exact) mass is 422 g/mol. The molecular formula is C22H23FN6O2. The molecule has 4 rings (SSSR count). The van der Waals surface area contributed by atoms with Gasteiger partial charge in [0.05, 0.1) is 31.1 Å². The molecule has 2 N–H and O–H groups in total. The van der Waals surface area contributed by atoms with Gasteiger partial charge in [-0.3, -0.25) is 0 Å². The summed E-state index contributed by atoms with van der Waals surface area (Å²) in [5, 5.41) is 4.18. The molecule has 1 aliphatic rings. The summed E-state index contributed by atoms with van der Waals surface area (Å²) in [5.74, 6) is 5.65. The topological polar surface area (TPSA) is 98.6 Å². The van der Waals surface area contributed by atoms with E-state index in [1.54, 1.807) is 20.0 Å². The van der Waals surface area contributed by atoms with Gasteiger partial charge >= 0.3 is 5.97 Å². The van der Waals surface area contributed by atoms with E-state index in [2.05, 4.69) is 31.8 Å². The van der Waals surface area contributed by atoms with Gasteiger partial charge in [-0.25, -0.2) is 23.7 Å². The van der Waals surface area contributed by atoms with Gasteiger partial charge in [0.25, 0.3) is 0 Å². The second kappa shape index (κ2) is 8.70. The van der Waals surface area contributed by atoms with Crippen molar-refractivity contribution in [2.24, 2.45) is 5.73 Å². The zero-order valence-electron chi connectivity index (χ0n) is 17.4. The Morgan fingerprint density at radius 1 is 1.45 bits per heavy atom. The molecule has 1 unspecified atom stereocenters. The molecule has 9 heteroatoms. The molecule has 160 valence electrons. The van der Waals surface area contributed by atoms with Crippen molar-refractivity contribution >= 4 is 17.4 Å².